The highest BCUT2D eigenvalue weighted by Crippen LogP contribution is 2.28. The van der Waals surface area contributed by atoms with Gasteiger partial charge in [0.1, 0.15) is 5.82 Å². The standard InChI is InChI=1S/C18H25N5O2/c1-23-8-4-3-5-15(19)17-20-10-16(22-17)14-7-6-13(9-12(14)11-23)21-18(24)25-2/h6-7,9-10,15H,3-5,8,11,19H2,1-2H3,(H,20,22)(H,21,24)/t15-/m0/s1. The lowest BCUT2D eigenvalue weighted by Crippen LogP contribution is -2.21. The SMILES string of the molecule is COC(=O)Nc1ccc2c(c1)CN(C)CCCC[C@H](N)c1nc-2c[nH]1. The first-order valence-corrected chi connectivity index (χ1v) is 8.54. The van der Waals surface area contributed by atoms with E-state index in [0.29, 0.717) is 5.69 Å². The molecule has 7 heteroatoms. The monoisotopic (exact) mass is 343 g/mol. The van der Waals surface area contributed by atoms with E-state index in [4.69, 9.17) is 5.73 Å². The van der Waals surface area contributed by atoms with Crippen LogP contribution in [-0.2, 0) is 11.3 Å². The zero-order valence-corrected chi connectivity index (χ0v) is 14.7. The third kappa shape index (κ3) is 4.18. The van der Waals surface area contributed by atoms with Crippen molar-refractivity contribution in [3.63, 3.8) is 0 Å². The Morgan fingerprint density at radius 2 is 2.28 bits per heavy atom. The summed E-state index contributed by atoms with van der Waals surface area (Å²) in [6.07, 6.45) is 4.51. The van der Waals surface area contributed by atoms with E-state index in [-0.39, 0.29) is 6.04 Å². The number of carbonyl (C=O) groups excluding carboxylic acids is 1. The van der Waals surface area contributed by atoms with E-state index in [1.807, 2.05) is 24.4 Å². The Kier molecular flexibility index (Phi) is 5.35. The van der Waals surface area contributed by atoms with E-state index in [2.05, 4.69) is 32.0 Å². The summed E-state index contributed by atoms with van der Waals surface area (Å²) < 4.78 is 4.67. The smallest absolute Gasteiger partial charge is 0.411 e. The molecule has 1 atom stereocenters. The minimum Gasteiger partial charge on any atom is -0.453 e. The fraction of sp³-hybridized carbons (Fsp3) is 0.444. The Hall–Kier alpha value is -2.38. The van der Waals surface area contributed by atoms with Crippen LogP contribution in [0, 0.1) is 0 Å². The van der Waals surface area contributed by atoms with E-state index in [0.717, 1.165) is 55.0 Å². The molecule has 0 saturated carbocycles. The molecule has 1 amide bonds. The van der Waals surface area contributed by atoms with E-state index in [1.165, 1.54) is 7.11 Å². The zero-order chi connectivity index (χ0) is 17.8. The van der Waals surface area contributed by atoms with Gasteiger partial charge < -0.3 is 20.4 Å². The summed E-state index contributed by atoms with van der Waals surface area (Å²) in [4.78, 5) is 21.7. The molecule has 1 aromatic heterocycles. The number of hydrogen-bond acceptors (Lipinski definition) is 5. The van der Waals surface area contributed by atoms with Crippen molar-refractivity contribution in [3.05, 3.63) is 35.8 Å². The molecule has 2 heterocycles. The van der Waals surface area contributed by atoms with Crippen molar-refractivity contribution in [3.8, 4) is 11.3 Å². The van der Waals surface area contributed by atoms with Gasteiger partial charge in [-0.25, -0.2) is 9.78 Å². The summed E-state index contributed by atoms with van der Waals surface area (Å²) in [5.74, 6) is 0.826. The zero-order valence-electron chi connectivity index (χ0n) is 14.7. The number of ether oxygens (including phenoxy) is 1. The van der Waals surface area contributed by atoms with Crippen LogP contribution in [0.2, 0.25) is 0 Å². The van der Waals surface area contributed by atoms with Gasteiger partial charge in [-0.2, -0.15) is 0 Å². The summed E-state index contributed by atoms with van der Waals surface area (Å²) in [6.45, 7) is 1.78. The number of methoxy groups -OCH3 is 1. The maximum atomic E-state index is 11.5. The van der Waals surface area contributed by atoms with Gasteiger partial charge >= 0.3 is 6.09 Å². The van der Waals surface area contributed by atoms with Gasteiger partial charge in [-0.15, -0.1) is 0 Å². The normalized spacial score (nSPS) is 18.6. The molecule has 0 aliphatic carbocycles. The van der Waals surface area contributed by atoms with Crippen molar-refractivity contribution >= 4 is 11.8 Å². The number of anilines is 1. The first-order chi connectivity index (χ1) is 12.1. The molecule has 0 saturated heterocycles. The number of hydrogen-bond donors (Lipinski definition) is 3. The summed E-state index contributed by atoms with van der Waals surface area (Å²) >= 11 is 0. The van der Waals surface area contributed by atoms with Crippen molar-refractivity contribution in [1.82, 2.24) is 14.9 Å². The van der Waals surface area contributed by atoms with Crippen LogP contribution in [0.5, 0.6) is 0 Å². The third-order valence-corrected chi connectivity index (χ3v) is 4.51. The predicted molar refractivity (Wildman–Crippen MR) is 97.2 cm³/mol. The van der Waals surface area contributed by atoms with Gasteiger partial charge in [0, 0.05) is 24.0 Å². The molecule has 7 nitrogen and oxygen atoms in total. The number of carbonyl (C=O) groups is 1. The van der Waals surface area contributed by atoms with Crippen LogP contribution in [-0.4, -0.2) is 41.7 Å². The number of nitrogens with one attached hydrogen (secondary N) is 2. The summed E-state index contributed by atoms with van der Waals surface area (Å²) in [5, 5.41) is 2.72. The molecule has 1 aliphatic heterocycles. The molecule has 25 heavy (non-hydrogen) atoms. The number of imidazole rings is 1. The Balaban J connectivity index is 1.99. The van der Waals surface area contributed by atoms with Crippen molar-refractivity contribution < 1.29 is 9.53 Å². The van der Waals surface area contributed by atoms with Crippen molar-refractivity contribution in [2.75, 3.05) is 26.0 Å². The third-order valence-electron chi connectivity index (χ3n) is 4.51. The second-order valence-electron chi connectivity index (χ2n) is 6.50. The number of fused-ring (bicyclic) bond motifs is 4. The van der Waals surface area contributed by atoms with E-state index >= 15 is 0 Å². The van der Waals surface area contributed by atoms with Crippen LogP contribution in [0.4, 0.5) is 10.5 Å². The molecule has 0 fully saturated rings. The summed E-state index contributed by atoms with van der Waals surface area (Å²) in [5.41, 5.74) is 9.96. The maximum Gasteiger partial charge on any atom is 0.411 e. The van der Waals surface area contributed by atoms with Gasteiger partial charge in [-0.3, -0.25) is 5.32 Å². The number of aromatic amines is 1. The fourth-order valence-corrected chi connectivity index (χ4v) is 3.14. The minimum atomic E-state index is -0.477. The molecular weight excluding hydrogens is 318 g/mol. The van der Waals surface area contributed by atoms with Crippen molar-refractivity contribution in [2.24, 2.45) is 5.73 Å². The van der Waals surface area contributed by atoms with Crippen LogP contribution < -0.4 is 11.1 Å². The minimum absolute atomic E-state index is 0.0674. The lowest BCUT2D eigenvalue weighted by molar-refractivity contribution is 0.187. The van der Waals surface area contributed by atoms with E-state index in [1.54, 1.807) is 0 Å². The van der Waals surface area contributed by atoms with E-state index < -0.39 is 6.09 Å². The Morgan fingerprint density at radius 1 is 1.44 bits per heavy atom. The highest BCUT2D eigenvalue weighted by atomic mass is 16.5. The highest BCUT2D eigenvalue weighted by Gasteiger charge is 2.16. The quantitative estimate of drug-likeness (QED) is 0.740. The number of aromatic nitrogens is 2. The largest absolute Gasteiger partial charge is 0.453 e. The van der Waals surface area contributed by atoms with Crippen LogP contribution in [0.25, 0.3) is 11.3 Å². The molecular formula is C18H25N5O2. The Bertz CT molecular complexity index is 743. The van der Waals surface area contributed by atoms with Gasteiger partial charge in [0.2, 0.25) is 0 Å². The lowest BCUT2D eigenvalue weighted by atomic mass is 10.0. The highest BCUT2D eigenvalue weighted by molar-refractivity contribution is 5.85. The second kappa shape index (κ2) is 7.67. The maximum absolute atomic E-state index is 11.5. The average molecular weight is 343 g/mol. The molecule has 1 aliphatic rings. The van der Waals surface area contributed by atoms with Crippen molar-refractivity contribution in [2.45, 2.75) is 31.8 Å². The number of rotatable bonds is 1. The number of amides is 1. The van der Waals surface area contributed by atoms with Gasteiger partial charge in [0.15, 0.2) is 0 Å². The molecule has 2 bridgehead atoms. The second-order valence-corrected chi connectivity index (χ2v) is 6.50. The first kappa shape index (κ1) is 17.4. The molecule has 0 radical (unpaired) electrons. The Labute approximate surface area is 147 Å². The fourth-order valence-electron chi connectivity index (χ4n) is 3.14. The molecule has 0 spiro atoms. The van der Waals surface area contributed by atoms with Gasteiger partial charge in [-0.05, 0) is 44.1 Å². The molecule has 3 rings (SSSR count). The van der Waals surface area contributed by atoms with Crippen LogP contribution >= 0.6 is 0 Å². The molecule has 4 N–H and O–H groups in total. The molecule has 0 unspecified atom stereocenters. The van der Waals surface area contributed by atoms with Gasteiger partial charge in [0.25, 0.3) is 0 Å². The molecule has 1 aromatic carbocycles. The summed E-state index contributed by atoms with van der Waals surface area (Å²) in [7, 11) is 3.46. The summed E-state index contributed by atoms with van der Waals surface area (Å²) in [6, 6.07) is 5.74. The van der Waals surface area contributed by atoms with Gasteiger partial charge in [0.05, 0.1) is 18.8 Å². The van der Waals surface area contributed by atoms with Crippen LogP contribution in [0.3, 0.4) is 0 Å². The number of benzene rings is 1. The van der Waals surface area contributed by atoms with E-state index in [9.17, 15) is 4.79 Å². The van der Waals surface area contributed by atoms with Crippen LogP contribution in [0.1, 0.15) is 36.7 Å². The van der Waals surface area contributed by atoms with Crippen LogP contribution in [0.15, 0.2) is 24.4 Å². The Morgan fingerprint density at radius 3 is 3.08 bits per heavy atom. The molecule has 2 aromatic rings. The van der Waals surface area contributed by atoms with Crippen molar-refractivity contribution in [1.29, 1.82) is 0 Å². The molecule has 134 valence electrons. The number of nitrogens with zero attached hydrogens (tertiary/aromatic N) is 2. The average Bonchev–Trinajstić information content (AvgIpc) is 3.08. The topological polar surface area (TPSA) is 96.3 Å². The lowest BCUT2D eigenvalue weighted by Gasteiger charge is -2.20. The number of nitrogens with two attached hydrogens (primary N) is 1. The van der Waals surface area contributed by atoms with Gasteiger partial charge in [-0.1, -0.05) is 12.5 Å². The first-order valence-electron chi connectivity index (χ1n) is 8.54. The number of H-pyrrole nitrogens is 1. The predicted octanol–water partition coefficient (Wildman–Crippen LogP) is 2.87.